The normalized spacial score (nSPS) is 18.1. The van der Waals surface area contributed by atoms with Gasteiger partial charge >= 0.3 is 0 Å². The van der Waals surface area contributed by atoms with E-state index < -0.39 is 0 Å². The van der Waals surface area contributed by atoms with Crippen LogP contribution in [0.15, 0.2) is 12.1 Å². The van der Waals surface area contributed by atoms with Gasteiger partial charge in [-0.05, 0) is 18.9 Å². The third-order valence-electron chi connectivity index (χ3n) is 3.50. The Morgan fingerprint density at radius 1 is 1.15 bits per heavy atom. The van der Waals surface area contributed by atoms with Crippen LogP contribution < -0.4 is 19.5 Å². The van der Waals surface area contributed by atoms with Gasteiger partial charge in [0, 0.05) is 25.3 Å². The molecule has 0 bridgehead atoms. The van der Waals surface area contributed by atoms with Crippen LogP contribution in [0.3, 0.4) is 0 Å². The van der Waals surface area contributed by atoms with Crippen molar-refractivity contribution in [2.24, 2.45) is 0 Å². The van der Waals surface area contributed by atoms with Gasteiger partial charge in [-0.15, -0.1) is 0 Å². The first-order chi connectivity index (χ1) is 9.80. The molecule has 1 atom stereocenters. The minimum atomic E-state index is 0.334. The summed E-state index contributed by atoms with van der Waals surface area (Å²) in [5, 5.41) is 3.41. The van der Waals surface area contributed by atoms with Crippen molar-refractivity contribution in [1.82, 2.24) is 5.32 Å². The van der Waals surface area contributed by atoms with E-state index in [0.717, 1.165) is 31.6 Å². The Morgan fingerprint density at radius 3 is 2.55 bits per heavy atom. The van der Waals surface area contributed by atoms with Crippen LogP contribution in [0.1, 0.15) is 18.4 Å². The van der Waals surface area contributed by atoms with Gasteiger partial charge in [0.25, 0.3) is 0 Å². The average Bonchev–Trinajstić information content (AvgIpc) is 2.99. The van der Waals surface area contributed by atoms with Gasteiger partial charge in [-0.1, -0.05) is 6.07 Å². The topological polar surface area (TPSA) is 49.0 Å². The average molecular weight is 281 g/mol. The van der Waals surface area contributed by atoms with E-state index >= 15 is 0 Å². The van der Waals surface area contributed by atoms with Crippen molar-refractivity contribution in [3.05, 3.63) is 17.7 Å². The van der Waals surface area contributed by atoms with Gasteiger partial charge in [-0.25, -0.2) is 0 Å². The third kappa shape index (κ3) is 3.35. The van der Waals surface area contributed by atoms with Gasteiger partial charge < -0.3 is 24.3 Å². The maximum atomic E-state index is 5.59. The fraction of sp³-hybridized carbons (Fsp3) is 0.600. The molecule has 112 valence electrons. The van der Waals surface area contributed by atoms with Gasteiger partial charge in [-0.2, -0.15) is 0 Å². The summed E-state index contributed by atoms with van der Waals surface area (Å²) in [4.78, 5) is 0. The second kappa shape index (κ2) is 7.36. The summed E-state index contributed by atoms with van der Waals surface area (Å²) in [5.74, 6) is 2.02. The summed E-state index contributed by atoms with van der Waals surface area (Å²) in [7, 11) is 4.87. The Balaban J connectivity index is 2.02. The molecule has 5 nitrogen and oxygen atoms in total. The van der Waals surface area contributed by atoms with Crippen molar-refractivity contribution in [1.29, 1.82) is 0 Å². The van der Waals surface area contributed by atoms with E-state index in [1.807, 2.05) is 12.1 Å². The number of nitrogens with one attached hydrogen (secondary N) is 1. The van der Waals surface area contributed by atoms with Crippen LogP contribution in [-0.2, 0) is 11.3 Å². The lowest BCUT2D eigenvalue weighted by Crippen LogP contribution is -2.26. The molecule has 1 fully saturated rings. The number of hydrogen-bond acceptors (Lipinski definition) is 5. The number of rotatable bonds is 7. The molecule has 2 rings (SSSR count). The molecule has 1 heterocycles. The minimum absolute atomic E-state index is 0.334. The highest BCUT2D eigenvalue weighted by atomic mass is 16.5. The van der Waals surface area contributed by atoms with Crippen molar-refractivity contribution in [2.45, 2.75) is 25.5 Å². The number of hydrogen-bond donors (Lipinski definition) is 1. The van der Waals surface area contributed by atoms with E-state index in [1.165, 1.54) is 0 Å². The summed E-state index contributed by atoms with van der Waals surface area (Å²) >= 11 is 0. The van der Waals surface area contributed by atoms with Gasteiger partial charge in [0.2, 0.25) is 5.75 Å². The second-order valence-electron chi connectivity index (χ2n) is 4.76. The van der Waals surface area contributed by atoms with Crippen LogP contribution in [0, 0.1) is 0 Å². The zero-order valence-electron chi connectivity index (χ0n) is 12.4. The van der Waals surface area contributed by atoms with Crippen molar-refractivity contribution in [2.75, 3.05) is 34.5 Å². The lowest BCUT2D eigenvalue weighted by atomic mass is 10.1. The smallest absolute Gasteiger partial charge is 0.203 e. The van der Waals surface area contributed by atoms with E-state index in [2.05, 4.69) is 5.32 Å². The molecule has 0 saturated carbocycles. The fourth-order valence-corrected chi connectivity index (χ4v) is 2.48. The van der Waals surface area contributed by atoms with Gasteiger partial charge in [0.15, 0.2) is 11.5 Å². The molecular formula is C15H23NO4. The van der Waals surface area contributed by atoms with Crippen molar-refractivity contribution < 1.29 is 18.9 Å². The Hall–Kier alpha value is -1.46. The first kappa shape index (κ1) is 14.9. The first-order valence-electron chi connectivity index (χ1n) is 6.90. The Bertz CT molecular complexity index is 430. The molecule has 0 unspecified atom stereocenters. The van der Waals surface area contributed by atoms with E-state index in [-0.39, 0.29) is 0 Å². The van der Waals surface area contributed by atoms with Crippen LogP contribution >= 0.6 is 0 Å². The molecule has 1 N–H and O–H groups in total. The lowest BCUT2D eigenvalue weighted by Gasteiger charge is -2.17. The number of benzene rings is 1. The van der Waals surface area contributed by atoms with Crippen LogP contribution in [0.4, 0.5) is 0 Å². The van der Waals surface area contributed by atoms with Crippen molar-refractivity contribution >= 4 is 0 Å². The standard InChI is InChI=1S/C15H23NO4/c1-17-13-7-6-11(14(18-2)15(13)19-3)9-16-10-12-5-4-8-20-12/h6-7,12,16H,4-5,8-10H2,1-3H3/t12-/m1/s1. The van der Waals surface area contributed by atoms with Gasteiger partial charge in [-0.3, -0.25) is 0 Å². The predicted molar refractivity (Wildman–Crippen MR) is 76.8 cm³/mol. The van der Waals surface area contributed by atoms with Gasteiger partial charge in [0.1, 0.15) is 0 Å². The van der Waals surface area contributed by atoms with Crippen LogP contribution in [0.25, 0.3) is 0 Å². The SMILES string of the molecule is COc1ccc(CNC[C@H]2CCCO2)c(OC)c1OC. The van der Waals surface area contributed by atoms with Crippen molar-refractivity contribution in [3.8, 4) is 17.2 Å². The summed E-state index contributed by atoms with van der Waals surface area (Å²) < 4.78 is 21.7. The number of methoxy groups -OCH3 is 3. The van der Waals surface area contributed by atoms with E-state index in [9.17, 15) is 0 Å². The maximum Gasteiger partial charge on any atom is 0.203 e. The van der Waals surface area contributed by atoms with E-state index in [4.69, 9.17) is 18.9 Å². The molecule has 0 radical (unpaired) electrons. The van der Waals surface area contributed by atoms with Gasteiger partial charge in [0.05, 0.1) is 27.4 Å². The predicted octanol–water partition coefficient (Wildman–Crippen LogP) is 1.98. The molecule has 1 aliphatic rings. The third-order valence-corrected chi connectivity index (χ3v) is 3.50. The summed E-state index contributed by atoms with van der Waals surface area (Å²) in [5.41, 5.74) is 1.04. The Morgan fingerprint density at radius 2 is 1.95 bits per heavy atom. The fourth-order valence-electron chi connectivity index (χ4n) is 2.48. The van der Waals surface area contributed by atoms with E-state index in [0.29, 0.717) is 29.9 Å². The highest BCUT2D eigenvalue weighted by molar-refractivity contribution is 5.55. The molecule has 0 amide bonds. The monoisotopic (exact) mass is 281 g/mol. The quantitative estimate of drug-likeness (QED) is 0.828. The van der Waals surface area contributed by atoms with Crippen LogP contribution in [-0.4, -0.2) is 40.6 Å². The van der Waals surface area contributed by atoms with Crippen LogP contribution in [0.5, 0.6) is 17.2 Å². The van der Waals surface area contributed by atoms with E-state index in [1.54, 1.807) is 21.3 Å². The summed E-state index contributed by atoms with van der Waals surface area (Å²) in [6.07, 6.45) is 2.63. The number of ether oxygens (including phenoxy) is 4. The summed E-state index contributed by atoms with van der Waals surface area (Å²) in [6, 6.07) is 3.88. The zero-order valence-corrected chi connectivity index (χ0v) is 12.4. The lowest BCUT2D eigenvalue weighted by molar-refractivity contribution is 0.110. The summed E-state index contributed by atoms with van der Waals surface area (Å²) in [6.45, 7) is 2.45. The molecule has 20 heavy (non-hydrogen) atoms. The Labute approximate surface area is 120 Å². The molecule has 0 aliphatic carbocycles. The molecule has 5 heteroatoms. The molecule has 1 saturated heterocycles. The minimum Gasteiger partial charge on any atom is -0.493 e. The molecular weight excluding hydrogens is 258 g/mol. The molecule has 1 aromatic carbocycles. The molecule has 1 aromatic rings. The Kier molecular flexibility index (Phi) is 5.49. The highest BCUT2D eigenvalue weighted by Gasteiger charge is 2.17. The maximum absolute atomic E-state index is 5.59. The molecule has 0 aromatic heterocycles. The van der Waals surface area contributed by atoms with Crippen molar-refractivity contribution in [3.63, 3.8) is 0 Å². The largest absolute Gasteiger partial charge is 0.493 e. The highest BCUT2D eigenvalue weighted by Crippen LogP contribution is 2.39. The zero-order chi connectivity index (χ0) is 14.4. The first-order valence-corrected chi connectivity index (χ1v) is 6.90. The molecule has 0 spiro atoms. The molecule has 1 aliphatic heterocycles. The van der Waals surface area contributed by atoms with Crippen LogP contribution in [0.2, 0.25) is 0 Å². The second-order valence-corrected chi connectivity index (χ2v) is 4.76.